The van der Waals surface area contributed by atoms with E-state index >= 15 is 0 Å². The fraction of sp³-hybridized carbons (Fsp3) is 0.0667. The Labute approximate surface area is 115 Å². The van der Waals surface area contributed by atoms with Crippen LogP contribution >= 0.6 is 0 Å². The molecule has 0 aliphatic rings. The second-order valence-electron chi connectivity index (χ2n) is 4.83. The number of pyridine rings is 2. The fourth-order valence-electron chi connectivity index (χ4n) is 2.74. The molecule has 0 fully saturated rings. The van der Waals surface area contributed by atoms with E-state index < -0.39 is 11.7 Å². The van der Waals surface area contributed by atoms with E-state index in [2.05, 4.69) is 4.98 Å². The van der Waals surface area contributed by atoms with E-state index in [1.165, 1.54) is 16.5 Å². The van der Waals surface area contributed by atoms with Crippen molar-refractivity contribution in [2.24, 2.45) is 0 Å². The van der Waals surface area contributed by atoms with E-state index in [-0.39, 0.29) is 11.1 Å². The van der Waals surface area contributed by atoms with Gasteiger partial charge in [0.15, 0.2) is 0 Å². The first-order valence-electron chi connectivity index (χ1n) is 6.19. The van der Waals surface area contributed by atoms with E-state index in [0.717, 1.165) is 17.5 Å². The highest BCUT2D eigenvalue weighted by Gasteiger charge is 2.31. The number of nitrogens with zero attached hydrogens (tertiary/aromatic N) is 2. The second-order valence-corrected chi connectivity index (χ2v) is 4.83. The van der Waals surface area contributed by atoms with E-state index in [9.17, 15) is 18.0 Å². The molecular formula is C15H7F3N2O. The Balaban J connectivity index is 2.31. The van der Waals surface area contributed by atoms with Crippen LogP contribution in [0.4, 0.5) is 13.2 Å². The number of rotatable bonds is 0. The molecule has 3 nitrogen and oxygen atoms in total. The van der Waals surface area contributed by atoms with E-state index in [0.29, 0.717) is 16.4 Å². The molecule has 0 spiro atoms. The van der Waals surface area contributed by atoms with E-state index in [1.54, 1.807) is 18.3 Å². The van der Waals surface area contributed by atoms with Gasteiger partial charge in [0.1, 0.15) is 0 Å². The molecule has 4 aromatic rings. The van der Waals surface area contributed by atoms with Gasteiger partial charge in [-0.3, -0.25) is 14.2 Å². The first kappa shape index (κ1) is 12.1. The van der Waals surface area contributed by atoms with Crippen molar-refractivity contribution in [1.82, 2.24) is 9.38 Å². The summed E-state index contributed by atoms with van der Waals surface area (Å²) in [5, 5.41) is 1.33. The van der Waals surface area contributed by atoms with Crippen LogP contribution in [0, 0.1) is 0 Å². The summed E-state index contributed by atoms with van der Waals surface area (Å²) in [6.45, 7) is 0. The van der Waals surface area contributed by atoms with Gasteiger partial charge in [0, 0.05) is 23.0 Å². The highest BCUT2D eigenvalue weighted by Crippen LogP contribution is 2.35. The molecule has 1 aromatic carbocycles. The van der Waals surface area contributed by atoms with Crippen molar-refractivity contribution in [1.29, 1.82) is 0 Å². The molecule has 0 saturated carbocycles. The Kier molecular flexibility index (Phi) is 2.15. The predicted molar refractivity (Wildman–Crippen MR) is 72.7 cm³/mol. The number of aromatic nitrogens is 2. The van der Waals surface area contributed by atoms with Gasteiger partial charge < -0.3 is 0 Å². The zero-order valence-corrected chi connectivity index (χ0v) is 10.5. The highest BCUT2D eigenvalue weighted by molar-refractivity contribution is 6.12. The molecule has 6 heteroatoms. The summed E-state index contributed by atoms with van der Waals surface area (Å²) in [5.41, 5.74) is 0.250. The van der Waals surface area contributed by atoms with Crippen LogP contribution < -0.4 is 5.56 Å². The maximum Gasteiger partial charge on any atom is 0.416 e. The minimum atomic E-state index is -4.44. The van der Waals surface area contributed by atoms with Crippen LogP contribution in [0.2, 0.25) is 0 Å². The second kappa shape index (κ2) is 3.72. The Morgan fingerprint density at radius 1 is 1.00 bits per heavy atom. The molecule has 3 heterocycles. The zero-order chi connectivity index (χ0) is 14.8. The number of alkyl halides is 3. The lowest BCUT2D eigenvalue weighted by Gasteiger charge is -2.06. The summed E-state index contributed by atoms with van der Waals surface area (Å²) in [4.78, 5) is 16.2. The Morgan fingerprint density at radius 2 is 1.81 bits per heavy atom. The largest absolute Gasteiger partial charge is 0.416 e. The van der Waals surface area contributed by atoms with Crippen LogP contribution in [0.25, 0.3) is 27.3 Å². The zero-order valence-electron chi connectivity index (χ0n) is 10.5. The van der Waals surface area contributed by atoms with Crippen molar-refractivity contribution in [3.8, 4) is 0 Å². The molecule has 21 heavy (non-hydrogen) atoms. The molecule has 104 valence electrons. The lowest BCUT2D eigenvalue weighted by atomic mass is 10.1. The third-order valence-electron chi connectivity index (χ3n) is 3.64. The van der Waals surface area contributed by atoms with Gasteiger partial charge in [0.2, 0.25) is 0 Å². The minimum Gasteiger partial charge on any atom is -0.274 e. The van der Waals surface area contributed by atoms with Crippen LogP contribution in [0.3, 0.4) is 0 Å². The number of hydrogen-bond acceptors (Lipinski definition) is 2. The SMILES string of the molecule is O=c1ccc2nccc3c4ccc(C(F)(F)F)cc4n1c23. The molecule has 0 aliphatic carbocycles. The monoisotopic (exact) mass is 288 g/mol. The first-order chi connectivity index (χ1) is 9.97. The molecule has 0 atom stereocenters. The molecule has 0 aliphatic heterocycles. The van der Waals surface area contributed by atoms with Crippen molar-refractivity contribution in [3.63, 3.8) is 0 Å². The fourth-order valence-corrected chi connectivity index (χ4v) is 2.74. The van der Waals surface area contributed by atoms with Crippen LogP contribution in [0.15, 0.2) is 47.4 Å². The van der Waals surface area contributed by atoms with Gasteiger partial charge in [-0.15, -0.1) is 0 Å². The highest BCUT2D eigenvalue weighted by atomic mass is 19.4. The quantitative estimate of drug-likeness (QED) is 0.496. The van der Waals surface area contributed by atoms with Crippen LogP contribution in [0.5, 0.6) is 0 Å². The van der Waals surface area contributed by atoms with Gasteiger partial charge in [0.25, 0.3) is 5.56 Å². The standard InChI is InChI=1S/C15H7F3N2O/c16-15(17,18)8-1-2-9-10-5-6-19-11-3-4-13(21)20(14(10)11)12(9)7-8/h1-7H. The Hall–Kier alpha value is -2.63. The third-order valence-corrected chi connectivity index (χ3v) is 3.64. The lowest BCUT2D eigenvalue weighted by molar-refractivity contribution is -0.137. The smallest absolute Gasteiger partial charge is 0.274 e. The predicted octanol–water partition coefficient (Wildman–Crippen LogP) is 3.46. The van der Waals surface area contributed by atoms with E-state index in [4.69, 9.17) is 0 Å². The van der Waals surface area contributed by atoms with Crippen LogP contribution in [-0.2, 0) is 6.18 Å². The summed E-state index contributed by atoms with van der Waals surface area (Å²) in [7, 11) is 0. The summed E-state index contributed by atoms with van der Waals surface area (Å²) in [6, 6.07) is 8.04. The maximum atomic E-state index is 12.9. The number of hydrogen-bond donors (Lipinski definition) is 0. The number of halogens is 3. The van der Waals surface area contributed by atoms with Gasteiger partial charge >= 0.3 is 6.18 Å². The molecular weight excluding hydrogens is 281 g/mol. The number of fused-ring (bicyclic) bond motifs is 3. The topological polar surface area (TPSA) is 34.4 Å². The molecule has 3 aromatic heterocycles. The van der Waals surface area contributed by atoms with Crippen molar-refractivity contribution in [2.45, 2.75) is 6.18 Å². The molecule has 0 N–H and O–H groups in total. The molecule has 0 bridgehead atoms. The maximum absolute atomic E-state index is 12.9. The third kappa shape index (κ3) is 1.55. The van der Waals surface area contributed by atoms with Crippen molar-refractivity contribution >= 4 is 27.3 Å². The lowest BCUT2D eigenvalue weighted by Crippen LogP contribution is -2.11. The van der Waals surface area contributed by atoms with Gasteiger partial charge in [-0.1, -0.05) is 6.07 Å². The summed E-state index contributed by atoms with van der Waals surface area (Å²) in [5.74, 6) is 0. The molecule has 0 unspecified atom stereocenters. The van der Waals surface area contributed by atoms with Crippen LogP contribution in [-0.4, -0.2) is 9.38 Å². The summed E-state index contributed by atoms with van der Waals surface area (Å²) >= 11 is 0. The van der Waals surface area contributed by atoms with Crippen molar-refractivity contribution in [2.75, 3.05) is 0 Å². The molecule has 0 amide bonds. The van der Waals surface area contributed by atoms with Gasteiger partial charge in [-0.05, 0) is 24.3 Å². The average molecular weight is 288 g/mol. The molecule has 0 radical (unpaired) electrons. The summed E-state index contributed by atoms with van der Waals surface area (Å²) < 4.78 is 39.9. The summed E-state index contributed by atoms with van der Waals surface area (Å²) in [6.07, 6.45) is -2.86. The molecule has 0 saturated heterocycles. The van der Waals surface area contributed by atoms with E-state index in [1.807, 2.05) is 0 Å². The first-order valence-corrected chi connectivity index (χ1v) is 6.19. The number of benzene rings is 1. The Morgan fingerprint density at radius 3 is 2.57 bits per heavy atom. The van der Waals surface area contributed by atoms with Crippen molar-refractivity contribution < 1.29 is 13.2 Å². The minimum absolute atomic E-state index is 0.253. The molecule has 4 rings (SSSR count). The Bertz CT molecular complexity index is 1050. The normalized spacial score (nSPS) is 12.7. The van der Waals surface area contributed by atoms with Crippen molar-refractivity contribution in [3.05, 3.63) is 58.5 Å². The van der Waals surface area contributed by atoms with Gasteiger partial charge in [-0.2, -0.15) is 13.2 Å². The average Bonchev–Trinajstić information content (AvgIpc) is 2.78. The van der Waals surface area contributed by atoms with Crippen LogP contribution in [0.1, 0.15) is 5.56 Å². The van der Waals surface area contributed by atoms with Gasteiger partial charge in [0.05, 0.1) is 22.1 Å². The van der Waals surface area contributed by atoms with Gasteiger partial charge in [-0.25, -0.2) is 0 Å².